The minimum absolute atomic E-state index is 0.0145. The average Bonchev–Trinajstić information content (AvgIpc) is 2.59. The number of carboxylic acids is 1. The van der Waals surface area contributed by atoms with Crippen LogP contribution in [0.3, 0.4) is 0 Å². The first-order valence-electron chi connectivity index (χ1n) is 7.20. The van der Waals surface area contributed by atoms with Crippen molar-refractivity contribution in [1.82, 2.24) is 14.9 Å². The van der Waals surface area contributed by atoms with Gasteiger partial charge in [0.1, 0.15) is 11.5 Å². The Labute approximate surface area is 148 Å². The normalized spacial score (nSPS) is 10.5. The van der Waals surface area contributed by atoms with Crippen molar-refractivity contribution in [2.75, 3.05) is 20.3 Å². The number of hydrogen-bond donors (Lipinski definition) is 1. The third-order valence-corrected chi connectivity index (χ3v) is 3.67. The SMILES string of the molecule is COCCN(Cc1ccc(F)cc1Cl)C(=O)c1cnc(C(=O)O)cn1. The molecular formula is C16H15ClFN3O4. The van der Waals surface area contributed by atoms with Gasteiger partial charge in [-0.3, -0.25) is 4.79 Å². The van der Waals surface area contributed by atoms with Gasteiger partial charge in [0.15, 0.2) is 5.69 Å². The summed E-state index contributed by atoms with van der Waals surface area (Å²) in [5, 5.41) is 9.02. The van der Waals surface area contributed by atoms with Crippen molar-refractivity contribution < 1.29 is 23.8 Å². The second-order valence-corrected chi connectivity index (χ2v) is 5.45. The number of hydrogen-bond acceptors (Lipinski definition) is 5. The molecule has 0 unspecified atom stereocenters. The summed E-state index contributed by atoms with van der Waals surface area (Å²) in [5.74, 6) is -2.18. The van der Waals surface area contributed by atoms with Gasteiger partial charge in [0.25, 0.3) is 5.91 Å². The van der Waals surface area contributed by atoms with Gasteiger partial charge in [-0.2, -0.15) is 0 Å². The van der Waals surface area contributed by atoms with E-state index in [1.807, 2.05) is 0 Å². The van der Waals surface area contributed by atoms with Crippen LogP contribution in [0.2, 0.25) is 5.02 Å². The molecule has 0 atom stereocenters. The van der Waals surface area contributed by atoms with Gasteiger partial charge in [0.05, 0.1) is 19.0 Å². The Morgan fingerprint density at radius 1 is 1.28 bits per heavy atom. The molecule has 0 saturated carbocycles. The average molecular weight is 368 g/mol. The Bertz CT molecular complexity index is 770. The number of aromatic carboxylic acids is 1. The highest BCUT2D eigenvalue weighted by Crippen LogP contribution is 2.19. The van der Waals surface area contributed by atoms with Crippen LogP contribution < -0.4 is 0 Å². The largest absolute Gasteiger partial charge is 0.476 e. The van der Waals surface area contributed by atoms with Crippen LogP contribution in [-0.4, -0.2) is 52.1 Å². The molecule has 132 valence electrons. The van der Waals surface area contributed by atoms with E-state index in [1.54, 1.807) is 0 Å². The van der Waals surface area contributed by atoms with Crippen LogP contribution in [0.1, 0.15) is 26.5 Å². The number of carbonyl (C=O) groups excluding carboxylic acids is 1. The minimum atomic E-state index is -1.24. The molecule has 1 heterocycles. The summed E-state index contributed by atoms with van der Waals surface area (Å²) in [6, 6.07) is 3.91. The Morgan fingerprint density at radius 3 is 2.52 bits per heavy atom. The van der Waals surface area contributed by atoms with E-state index in [1.165, 1.54) is 24.1 Å². The van der Waals surface area contributed by atoms with E-state index in [0.717, 1.165) is 18.5 Å². The zero-order valence-corrected chi connectivity index (χ0v) is 14.0. The summed E-state index contributed by atoms with van der Waals surface area (Å²) in [7, 11) is 1.50. The Kier molecular flexibility index (Phi) is 6.37. The highest BCUT2D eigenvalue weighted by Gasteiger charge is 2.19. The van der Waals surface area contributed by atoms with Crippen molar-refractivity contribution in [2.24, 2.45) is 0 Å². The fraction of sp³-hybridized carbons (Fsp3) is 0.250. The molecule has 25 heavy (non-hydrogen) atoms. The van der Waals surface area contributed by atoms with Gasteiger partial charge < -0.3 is 14.7 Å². The maximum absolute atomic E-state index is 13.2. The van der Waals surface area contributed by atoms with E-state index >= 15 is 0 Å². The first kappa shape index (κ1) is 18.8. The Hall–Kier alpha value is -2.58. The van der Waals surface area contributed by atoms with Gasteiger partial charge in [-0.25, -0.2) is 19.2 Å². The van der Waals surface area contributed by atoms with Crippen molar-refractivity contribution in [3.8, 4) is 0 Å². The molecule has 1 amide bonds. The van der Waals surface area contributed by atoms with E-state index in [9.17, 15) is 14.0 Å². The lowest BCUT2D eigenvalue weighted by molar-refractivity contribution is 0.0664. The van der Waals surface area contributed by atoms with E-state index in [2.05, 4.69) is 9.97 Å². The predicted octanol–water partition coefficient (Wildman–Crippen LogP) is 2.26. The summed E-state index contributed by atoms with van der Waals surface area (Å²) >= 11 is 6.01. The molecule has 0 aliphatic carbocycles. The second kappa shape index (κ2) is 8.50. The Balaban J connectivity index is 2.23. The molecule has 0 aliphatic heterocycles. The molecule has 0 spiro atoms. The van der Waals surface area contributed by atoms with Gasteiger partial charge in [-0.05, 0) is 17.7 Å². The molecule has 2 rings (SSSR count). The highest BCUT2D eigenvalue weighted by molar-refractivity contribution is 6.31. The molecule has 0 aliphatic rings. The molecule has 0 bridgehead atoms. The molecule has 1 N–H and O–H groups in total. The molecule has 9 heteroatoms. The minimum Gasteiger partial charge on any atom is -0.476 e. The zero-order chi connectivity index (χ0) is 18.4. The molecule has 1 aromatic carbocycles. The van der Waals surface area contributed by atoms with Crippen molar-refractivity contribution in [1.29, 1.82) is 0 Å². The lowest BCUT2D eigenvalue weighted by atomic mass is 10.2. The van der Waals surface area contributed by atoms with Crippen LogP contribution >= 0.6 is 11.6 Å². The van der Waals surface area contributed by atoms with Crippen molar-refractivity contribution in [3.63, 3.8) is 0 Å². The standard InChI is InChI=1S/C16H15ClFN3O4/c1-25-5-4-21(9-10-2-3-11(18)6-12(10)17)15(22)13-7-20-14(8-19-13)16(23)24/h2-3,6-8H,4-5,9H2,1H3,(H,23,24). The van der Waals surface area contributed by atoms with Crippen LogP contribution in [0.4, 0.5) is 4.39 Å². The van der Waals surface area contributed by atoms with Gasteiger partial charge in [-0.15, -0.1) is 0 Å². The third-order valence-electron chi connectivity index (χ3n) is 3.32. The van der Waals surface area contributed by atoms with Crippen molar-refractivity contribution in [3.05, 3.63) is 58.4 Å². The summed E-state index contributed by atoms with van der Waals surface area (Å²) in [6.45, 7) is 0.625. The van der Waals surface area contributed by atoms with Gasteiger partial charge >= 0.3 is 5.97 Å². The molecule has 7 nitrogen and oxygen atoms in total. The van der Waals surface area contributed by atoms with Crippen LogP contribution in [0.5, 0.6) is 0 Å². The van der Waals surface area contributed by atoms with Crippen LogP contribution in [0.15, 0.2) is 30.6 Å². The number of methoxy groups -OCH3 is 1. The van der Waals surface area contributed by atoms with E-state index < -0.39 is 17.7 Å². The topological polar surface area (TPSA) is 92.6 Å². The summed E-state index contributed by atoms with van der Waals surface area (Å²) in [4.78, 5) is 32.4. The molecular weight excluding hydrogens is 353 g/mol. The Morgan fingerprint density at radius 2 is 1.96 bits per heavy atom. The number of rotatable bonds is 7. The lowest BCUT2D eigenvalue weighted by Crippen LogP contribution is -2.34. The number of carbonyl (C=O) groups is 2. The van der Waals surface area contributed by atoms with Crippen LogP contribution in [0, 0.1) is 5.82 Å². The first-order chi connectivity index (χ1) is 11.9. The van der Waals surface area contributed by atoms with E-state index in [0.29, 0.717) is 5.56 Å². The summed E-state index contributed by atoms with van der Waals surface area (Å²) in [5.41, 5.74) is 0.281. The maximum atomic E-state index is 13.2. The molecule has 0 fully saturated rings. The fourth-order valence-corrected chi connectivity index (χ4v) is 2.25. The van der Waals surface area contributed by atoms with Gasteiger partial charge in [0, 0.05) is 25.2 Å². The fourth-order valence-electron chi connectivity index (χ4n) is 2.02. The number of carboxylic acid groups (broad SMARTS) is 1. The number of halogens is 2. The maximum Gasteiger partial charge on any atom is 0.356 e. The zero-order valence-electron chi connectivity index (χ0n) is 13.3. The summed E-state index contributed by atoms with van der Waals surface area (Å²) < 4.78 is 18.2. The van der Waals surface area contributed by atoms with Gasteiger partial charge in [-0.1, -0.05) is 17.7 Å². The molecule has 2 aromatic rings. The molecule has 1 aromatic heterocycles. The first-order valence-corrected chi connectivity index (χ1v) is 7.57. The number of ether oxygens (including phenoxy) is 1. The third kappa shape index (κ3) is 4.94. The van der Waals surface area contributed by atoms with Crippen molar-refractivity contribution in [2.45, 2.75) is 6.54 Å². The number of amides is 1. The monoisotopic (exact) mass is 367 g/mol. The van der Waals surface area contributed by atoms with Crippen LogP contribution in [0.25, 0.3) is 0 Å². The van der Waals surface area contributed by atoms with E-state index in [4.69, 9.17) is 21.4 Å². The second-order valence-electron chi connectivity index (χ2n) is 5.05. The van der Waals surface area contributed by atoms with Crippen LogP contribution in [-0.2, 0) is 11.3 Å². The van der Waals surface area contributed by atoms with E-state index in [-0.39, 0.29) is 36.1 Å². The summed E-state index contributed by atoms with van der Waals surface area (Å²) in [6.07, 6.45) is 2.10. The number of nitrogens with zero attached hydrogens (tertiary/aromatic N) is 3. The molecule has 0 saturated heterocycles. The number of benzene rings is 1. The van der Waals surface area contributed by atoms with Crippen molar-refractivity contribution >= 4 is 23.5 Å². The predicted molar refractivity (Wildman–Crippen MR) is 87.0 cm³/mol. The quantitative estimate of drug-likeness (QED) is 0.806. The molecule has 0 radical (unpaired) electrons. The smallest absolute Gasteiger partial charge is 0.356 e. The number of aromatic nitrogens is 2. The lowest BCUT2D eigenvalue weighted by Gasteiger charge is -2.22. The van der Waals surface area contributed by atoms with Gasteiger partial charge in [0.2, 0.25) is 0 Å². The highest BCUT2D eigenvalue weighted by atomic mass is 35.5.